The number of hydrogen-bond donors (Lipinski definition) is 2. The summed E-state index contributed by atoms with van der Waals surface area (Å²) in [5, 5.41) is 13.2. The van der Waals surface area contributed by atoms with E-state index in [9.17, 15) is 23.1 Å². The Balaban J connectivity index is 1.67. The second-order valence-corrected chi connectivity index (χ2v) is 10.1. The Morgan fingerprint density at radius 2 is 1.87 bits per heavy atom. The Labute approximate surface area is 217 Å². The highest BCUT2D eigenvalue weighted by Crippen LogP contribution is 2.33. The molecule has 10 heteroatoms. The van der Waals surface area contributed by atoms with Crippen molar-refractivity contribution in [1.82, 2.24) is 19.5 Å². The van der Waals surface area contributed by atoms with Gasteiger partial charge in [-0.2, -0.15) is 13.2 Å². The maximum absolute atomic E-state index is 13.1. The molecule has 2 aromatic heterocycles. The van der Waals surface area contributed by atoms with Crippen molar-refractivity contribution in [2.75, 3.05) is 5.32 Å². The van der Waals surface area contributed by atoms with E-state index in [-0.39, 0.29) is 24.1 Å². The zero-order valence-corrected chi connectivity index (χ0v) is 21.1. The minimum Gasteiger partial charge on any atom is -0.475 e. The van der Waals surface area contributed by atoms with Crippen LogP contribution in [0.1, 0.15) is 59.9 Å². The number of carboxylic acid groups (broad SMARTS) is 1. The van der Waals surface area contributed by atoms with Crippen LogP contribution < -0.4 is 5.32 Å². The van der Waals surface area contributed by atoms with Crippen molar-refractivity contribution in [2.45, 2.75) is 58.3 Å². The minimum absolute atomic E-state index is 0.107. The molecule has 1 saturated carbocycles. The van der Waals surface area contributed by atoms with E-state index in [0.717, 1.165) is 48.9 Å². The lowest BCUT2D eigenvalue weighted by atomic mass is 9.87. The third-order valence-electron chi connectivity index (χ3n) is 6.97. The van der Waals surface area contributed by atoms with E-state index < -0.39 is 17.7 Å². The Hall–Kier alpha value is -3.95. The molecule has 2 aromatic carbocycles. The molecule has 1 aliphatic carbocycles. The number of aromatic nitrogens is 4. The van der Waals surface area contributed by atoms with Crippen LogP contribution in [0.4, 0.5) is 19.0 Å². The number of imidazole rings is 1. The second-order valence-electron chi connectivity index (χ2n) is 10.1. The Morgan fingerprint density at radius 1 is 1.11 bits per heavy atom. The molecule has 4 aromatic rings. The van der Waals surface area contributed by atoms with Crippen molar-refractivity contribution in [3.8, 4) is 11.4 Å². The molecule has 0 bridgehead atoms. The molecule has 2 atom stereocenters. The van der Waals surface area contributed by atoms with Gasteiger partial charge in [0.15, 0.2) is 11.5 Å². The zero-order chi connectivity index (χ0) is 27.0. The first-order valence-corrected chi connectivity index (χ1v) is 12.6. The van der Waals surface area contributed by atoms with Crippen LogP contribution in [0.25, 0.3) is 22.6 Å². The molecule has 0 radical (unpaired) electrons. The van der Waals surface area contributed by atoms with E-state index in [2.05, 4.69) is 22.2 Å². The van der Waals surface area contributed by atoms with Gasteiger partial charge in [-0.3, -0.25) is 0 Å². The number of hydrogen-bond acceptors (Lipinski definition) is 5. The summed E-state index contributed by atoms with van der Waals surface area (Å²) in [5.41, 5.74) is 2.42. The van der Waals surface area contributed by atoms with Gasteiger partial charge in [-0.1, -0.05) is 55.7 Å². The average Bonchev–Trinajstić information content (AvgIpc) is 3.22. The van der Waals surface area contributed by atoms with E-state index in [0.29, 0.717) is 28.6 Å². The first kappa shape index (κ1) is 25.7. The van der Waals surface area contributed by atoms with Crippen LogP contribution in [0.2, 0.25) is 0 Å². The number of benzene rings is 2. The SMILES string of the molecule is Cc1cccc(-c2nc3nc(C(=O)O)nc(NC4CCCC(C)C4)c3n2Cc2ccc(C(F)(F)F)cc2)c1. The maximum Gasteiger partial charge on any atom is 0.416 e. The predicted octanol–water partition coefficient (Wildman–Crippen LogP) is 6.56. The number of aromatic carboxylic acids is 1. The molecule has 2 heterocycles. The molecule has 7 nitrogen and oxygen atoms in total. The van der Waals surface area contributed by atoms with E-state index in [4.69, 9.17) is 4.98 Å². The number of rotatable bonds is 6. The number of carboxylic acids is 1. The summed E-state index contributed by atoms with van der Waals surface area (Å²) in [4.78, 5) is 25.2. The van der Waals surface area contributed by atoms with Crippen molar-refractivity contribution in [3.63, 3.8) is 0 Å². The highest BCUT2D eigenvalue weighted by Gasteiger charge is 2.30. The molecule has 1 fully saturated rings. The summed E-state index contributed by atoms with van der Waals surface area (Å²) in [6.45, 7) is 4.34. The smallest absolute Gasteiger partial charge is 0.416 e. The molecule has 1 aliphatic rings. The molecule has 0 saturated heterocycles. The molecular formula is C28H28F3N5O2. The highest BCUT2D eigenvalue weighted by atomic mass is 19.4. The van der Waals surface area contributed by atoms with E-state index in [1.807, 2.05) is 35.8 Å². The number of halogens is 3. The van der Waals surface area contributed by atoms with Gasteiger partial charge in [0.2, 0.25) is 5.82 Å². The third kappa shape index (κ3) is 5.34. The molecule has 5 rings (SSSR count). The third-order valence-corrected chi connectivity index (χ3v) is 6.97. The van der Waals surface area contributed by atoms with Crippen molar-refractivity contribution >= 4 is 23.0 Å². The van der Waals surface area contributed by atoms with Crippen molar-refractivity contribution in [3.05, 3.63) is 71.0 Å². The van der Waals surface area contributed by atoms with Gasteiger partial charge in [0.05, 0.1) is 5.56 Å². The van der Waals surface area contributed by atoms with E-state index in [1.54, 1.807) is 0 Å². The Bertz CT molecular complexity index is 1480. The van der Waals surface area contributed by atoms with Gasteiger partial charge in [-0.25, -0.2) is 19.7 Å². The first-order valence-electron chi connectivity index (χ1n) is 12.6. The molecule has 0 spiro atoms. The quantitative estimate of drug-likeness (QED) is 0.297. The van der Waals surface area contributed by atoms with Crippen molar-refractivity contribution in [2.24, 2.45) is 5.92 Å². The molecule has 38 heavy (non-hydrogen) atoms. The first-order chi connectivity index (χ1) is 18.1. The minimum atomic E-state index is -4.43. The Kier molecular flexibility index (Phi) is 6.81. The normalized spacial score (nSPS) is 18.0. The molecule has 2 N–H and O–H groups in total. The zero-order valence-electron chi connectivity index (χ0n) is 21.1. The number of carbonyl (C=O) groups is 1. The average molecular weight is 524 g/mol. The van der Waals surface area contributed by atoms with Crippen LogP contribution in [0.5, 0.6) is 0 Å². The molecule has 2 unspecified atom stereocenters. The van der Waals surface area contributed by atoms with Crippen LogP contribution in [0, 0.1) is 12.8 Å². The summed E-state index contributed by atoms with van der Waals surface area (Å²) in [6.07, 6.45) is -0.386. The topological polar surface area (TPSA) is 92.9 Å². The largest absolute Gasteiger partial charge is 0.475 e. The van der Waals surface area contributed by atoms with Gasteiger partial charge in [0, 0.05) is 18.2 Å². The lowest BCUT2D eigenvalue weighted by molar-refractivity contribution is -0.137. The van der Waals surface area contributed by atoms with Gasteiger partial charge in [-0.15, -0.1) is 0 Å². The van der Waals surface area contributed by atoms with Gasteiger partial charge < -0.3 is 15.0 Å². The number of aryl methyl sites for hydroxylation is 1. The Morgan fingerprint density at radius 3 is 2.53 bits per heavy atom. The fraction of sp³-hybridized carbons (Fsp3) is 0.357. The highest BCUT2D eigenvalue weighted by molar-refractivity contribution is 5.92. The monoisotopic (exact) mass is 523 g/mol. The number of nitrogens with one attached hydrogen (secondary N) is 1. The van der Waals surface area contributed by atoms with Crippen LogP contribution in [-0.4, -0.2) is 36.6 Å². The fourth-order valence-corrected chi connectivity index (χ4v) is 5.13. The van der Waals surface area contributed by atoms with E-state index in [1.165, 1.54) is 12.1 Å². The van der Waals surface area contributed by atoms with Gasteiger partial charge in [0.25, 0.3) is 0 Å². The summed E-state index contributed by atoms with van der Waals surface area (Å²) >= 11 is 0. The lowest BCUT2D eigenvalue weighted by Gasteiger charge is -2.28. The van der Waals surface area contributed by atoms with Gasteiger partial charge in [0.1, 0.15) is 11.3 Å². The second kappa shape index (κ2) is 10.1. The van der Waals surface area contributed by atoms with Crippen LogP contribution >= 0.6 is 0 Å². The predicted molar refractivity (Wildman–Crippen MR) is 138 cm³/mol. The summed E-state index contributed by atoms with van der Waals surface area (Å²) in [5.74, 6) is -0.206. The summed E-state index contributed by atoms with van der Waals surface area (Å²) < 4.78 is 41.3. The van der Waals surface area contributed by atoms with Crippen LogP contribution in [0.3, 0.4) is 0 Å². The van der Waals surface area contributed by atoms with Gasteiger partial charge in [-0.05, 0) is 49.4 Å². The number of alkyl halides is 3. The summed E-state index contributed by atoms with van der Waals surface area (Å²) in [7, 11) is 0. The molecule has 198 valence electrons. The van der Waals surface area contributed by atoms with Crippen molar-refractivity contribution < 1.29 is 23.1 Å². The maximum atomic E-state index is 13.1. The van der Waals surface area contributed by atoms with E-state index >= 15 is 0 Å². The standard InChI is InChI=1S/C28H28F3N5O2/c1-16-5-3-7-19(13-16)26-35-24-22(36(26)15-18-9-11-20(12-10-18)28(29,30)31)23(33-25(34-24)27(37)38)32-21-8-4-6-17(2)14-21/h3,5,7,9-13,17,21H,4,6,8,14-15H2,1-2H3,(H,37,38)(H,32,33,34). The number of anilines is 1. The fourth-order valence-electron chi connectivity index (χ4n) is 5.13. The van der Waals surface area contributed by atoms with Crippen LogP contribution in [-0.2, 0) is 12.7 Å². The number of nitrogens with zero attached hydrogens (tertiary/aromatic N) is 4. The van der Waals surface area contributed by atoms with Gasteiger partial charge >= 0.3 is 12.1 Å². The molecule has 0 aliphatic heterocycles. The number of fused-ring (bicyclic) bond motifs is 1. The molecular weight excluding hydrogens is 495 g/mol. The van der Waals surface area contributed by atoms with Crippen molar-refractivity contribution in [1.29, 1.82) is 0 Å². The molecule has 0 amide bonds. The lowest BCUT2D eigenvalue weighted by Crippen LogP contribution is -2.27. The summed E-state index contributed by atoms with van der Waals surface area (Å²) in [6, 6.07) is 12.8. The van der Waals surface area contributed by atoms with Crippen LogP contribution in [0.15, 0.2) is 48.5 Å².